The lowest BCUT2D eigenvalue weighted by atomic mass is 10.1. The number of carbonyl (C=O) groups is 1. The first-order valence-electron chi connectivity index (χ1n) is 6.31. The summed E-state index contributed by atoms with van der Waals surface area (Å²) in [5.74, 6) is 0.454. The maximum absolute atomic E-state index is 11.9. The second-order valence-corrected chi connectivity index (χ2v) is 4.88. The van der Waals surface area contributed by atoms with Crippen molar-refractivity contribution in [3.63, 3.8) is 0 Å². The SMILES string of the molecule is CN1CCC(CNC(=O)c2ccc(CN)cn2)C1. The fourth-order valence-corrected chi connectivity index (χ4v) is 2.20. The summed E-state index contributed by atoms with van der Waals surface area (Å²) in [7, 11) is 2.11. The van der Waals surface area contributed by atoms with Crippen molar-refractivity contribution in [2.75, 3.05) is 26.7 Å². The van der Waals surface area contributed by atoms with E-state index in [1.807, 2.05) is 6.07 Å². The number of nitrogens with zero attached hydrogens (tertiary/aromatic N) is 2. The largest absolute Gasteiger partial charge is 0.350 e. The Morgan fingerprint density at radius 2 is 2.44 bits per heavy atom. The first kappa shape index (κ1) is 13.0. The van der Waals surface area contributed by atoms with Crippen molar-refractivity contribution in [1.29, 1.82) is 0 Å². The Bertz CT molecular complexity index is 404. The fourth-order valence-electron chi connectivity index (χ4n) is 2.20. The van der Waals surface area contributed by atoms with Gasteiger partial charge in [-0.2, -0.15) is 0 Å². The van der Waals surface area contributed by atoms with Gasteiger partial charge in [0.05, 0.1) is 0 Å². The van der Waals surface area contributed by atoms with E-state index in [-0.39, 0.29) is 5.91 Å². The van der Waals surface area contributed by atoms with Crippen LogP contribution in [-0.4, -0.2) is 42.5 Å². The number of nitrogens with two attached hydrogens (primary N) is 1. The number of carbonyl (C=O) groups excluding carboxylic acids is 1. The minimum Gasteiger partial charge on any atom is -0.350 e. The van der Waals surface area contributed by atoms with Crippen molar-refractivity contribution >= 4 is 5.91 Å². The number of aromatic nitrogens is 1. The van der Waals surface area contributed by atoms with Gasteiger partial charge in [0, 0.05) is 25.8 Å². The number of amides is 1. The zero-order chi connectivity index (χ0) is 13.0. The van der Waals surface area contributed by atoms with Crippen molar-refractivity contribution in [3.05, 3.63) is 29.6 Å². The quantitative estimate of drug-likeness (QED) is 0.799. The van der Waals surface area contributed by atoms with E-state index in [4.69, 9.17) is 5.73 Å². The summed E-state index contributed by atoms with van der Waals surface area (Å²) < 4.78 is 0. The number of pyridine rings is 1. The predicted octanol–water partition coefficient (Wildman–Crippen LogP) is 0.222. The molecular formula is C13H20N4O. The molecule has 0 bridgehead atoms. The van der Waals surface area contributed by atoms with Gasteiger partial charge in [-0.1, -0.05) is 6.07 Å². The van der Waals surface area contributed by atoms with Gasteiger partial charge >= 0.3 is 0 Å². The number of nitrogens with one attached hydrogen (secondary N) is 1. The summed E-state index contributed by atoms with van der Waals surface area (Å²) in [5, 5.41) is 2.94. The van der Waals surface area contributed by atoms with Crippen LogP contribution in [0.4, 0.5) is 0 Å². The Kier molecular flexibility index (Phi) is 4.28. The third kappa shape index (κ3) is 3.27. The zero-order valence-electron chi connectivity index (χ0n) is 10.7. The molecule has 0 saturated carbocycles. The fraction of sp³-hybridized carbons (Fsp3) is 0.538. The Hall–Kier alpha value is -1.46. The molecule has 1 aromatic heterocycles. The number of rotatable bonds is 4. The molecule has 2 rings (SSSR count). The molecule has 0 aliphatic carbocycles. The van der Waals surface area contributed by atoms with Crippen LogP contribution in [0.25, 0.3) is 0 Å². The molecule has 1 amide bonds. The maximum atomic E-state index is 11.9. The van der Waals surface area contributed by atoms with Gasteiger partial charge in [-0.05, 0) is 37.6 Å². The van der Waals surface area contributed by atoms with E-state index < -0.39 is 0 Å². The molecule has 18 heavy (non-hydrogen) atoms. The first-order valence-corrected chi connectivity index (χ1v) is 6.31. The minimum atomic E-state index is -0.104. The van der Waals surface area contributed by atoms with Crippen molar-refractivity contribution in [1.82, 2.24) is 15.2 Å². The van der Waals surface area contributed by atoms with Crippen LogP contribution >= 0.6 is 0 Å². The molecule has 1 aliphatic rings. The predicted molar refractivity (Wildman–Crippen MR) is 70.1 cm³/mol. The van der Waals surface area contributed by atoms with Crippen molar-refractivity contribution in [2.45, 2.75) is 13.0 Å². The van der Waals surface area contributed by atoms with Gasteiger partial charge < -0.3 is 16.0 Å². The monoisotopic (exact) mass is 248 g/mol. The smallest absolute Gasteiger partial charge is 0.269 e. The third-order valence-corrected chi connectivity index (χ3v) is 3.33. The maximum Gasteiger partial charge on any atom is 0.269 e. The molecule has 1 aliphatic heterocycles. The zero-order valence-corrected chi connectivity index (χ0v) is 10.7. The van der Waals surface area contributed by atoms with Crippen LogP contribution in [-0.2, 0) is 6.54 Å². The molecule has 1 atom stereocenters. The molecule has 3 N–H and O–H groups in total. The minimum absolute atomic E-state index is 0.104. The molecular weight excluding hydrogens is 228 g/mol. The summed E-state index contributed by atoms with van der Waals surface area (Å²) in [6.45, 7) is 3.34. The van der Waals surface area contributed by atoms with E-state index in [0.717, 1.165) is 31.6 Å². The van der Waals surface area contributed by atoms with Crippen LogP contribution < -0.4 is 11.1 Å². The van der Waals surface area contributed by atoms with Crippen molar-refractivity contribution < 1.29 is 4.79 Å². The van der Waals surface area contributed by atoms with E-state index >= 15 is 0 Å². The van der Waals surface area contributed by atoms with E-state index in [1.54, 1.807) is 12.3 Å². The summed E-state index contributed by atoms with van der Waals surface area (Å²) in [4.78, 5) is 18.3. The van der Waals surface area contributed by atoms with Crippen LogP contribution in [0.2, 0.25) is 0 Å². The summed E-state index contributed by atoms with van der Waals surface area (Å²) in [6, 6.07) is 3.56. The van der Waals surface area contributed by atoms with Crippen LogP contribution in [0.5, 0.6) is 0 Å². The molecule has 5 nitrogen and oxygen atoms in total. The lowest BCUT2D eigenvalue weighted by Crippen LogP contribution is -2.31. The van der Waals surface area contributed by atoms with Crippen LogP contribution in [0.15, 0.2) is 18.3 Å². The lowest BCUT2D eigenvalue weighted by molar-refractivity contribution is 0.0942. The second-order valence-electron chi connectivity index (χ2n) is 4.88. The van der Waals surface area contributed by atoms with Gasteiger partial charge in [0.25, 0.3) is 5.91 Å². The van der Waals surface area contributed by atoms with Gasteiger partial charge in [-0.15, -0.1) is 0 Å². The average molecular weight is 248 g/mol. The summed E-state index contributed by atoms with van der Waals surface area (Å²) in [6.07, 6.45) is 2.80. The molecule has 0 radical (unpaired) electrons. The van der Waals surface area contributed by atoms with Crippen LogP contribution in [0, 0.1) is 5.92 Å². The Balaban J connectivity index is 1.83. The molecule has 0 spiro atoms. The average Bonchev–Trinajstić information content (AvgIpc) is 2.82. The van der Waals surface area contributed by atoms with Gasteiger partial charge in [0.1, 0.15) is 5.69 Å². The van der Waals surface area contributed by atoms with Gasteiger partial charge in [-0.25, -0.2) is 0 Å². The topological polar surface area (TPSA) is 71.2 Å². The Morgan fingerprint density at radius 3 is 3.00 bits per heavy atom. The molecule has 1 unspecified atom stereocenters. The molecule has 98 valence electrons. The molecule has 0 aromatic carbocycles. The van der Waals surface area contributed by atoms with Crippen LogP contribution in [0.3, 0.4) is 0 Å². The van der Waals surface area contributed by atoms with Gasteiger partial charge in [0.2, 0.25) is 0 Å². The highest BCUT2D eigenvalue weighted by Gasteiger charge is 2.20. The first-order chi connectivity index (χ1) is 8.69. The standard InChI is InChI=1S/C13H20N4O/c1-17-5-4-11(9-17)8-16-13(18)12-3-2-10(6-14)7-15-12/h2-3,7,11H,4-6,8-9,14H2,1H3,(H,16,18). The molecule has 1 saturated heterocycles. The van der Waals surface area contributed by atoms with E-state index in [2.05, 4.69) is 22.2 Å². The Morgan fingerprint density at radius 1 is 1.61 bits per heavy atom. The molecule has 1 aromatic rings. The summed E-state index contributed by atoms with van der Waals surface area (Å²) >= 11 is 0. The highest BCUT2D eigenvalue weighted by molar-refractivity contribution is 5.92. The van der Waals surface area contributed by atoms with E-state index in [0.29, 0.717) is 18.2 Å². The van der Waals surface area contributed by atoms with E-state index in [1.165, 1.54) is 0 Å². The van der Waals surface area contributed by atoms with Gasteiger partial charge in [-0.3, -0.25) is 9.78 Å². The van der Waals surface area contributed by atoms with Crippen molar-refractivity contribution in [2.24, 2.45) is 11.7 Å². The number of hydrogen-bond acceptors (Lipinski definition) is 4. The molecule has 5 heteroatoms. The highest BCUT2D eigenvalue weighted by Crippen LogP contribution is 2.12. The second kappa shape index (κ2) is 5.93. The summed E-state index contributed by atoms with van der Waals surface area (Å²) in [5.41, 5.74) is 6.88. The lowest BCUT2D eigenvalue weighted by Gasteiger charge is -2.11. The molecule has 1 fully saturated rings. The third-order valence-electron chi connectivity index (χ3n) is 3.33. The highest BCUT2D eigenvalue weighted by atomic mass is 16.1. The van der Waals surface area contributed by atoms with Crippen molar-refractivity contribution in [3.8, 4) is 0 Å². The Labute approximate surface area is 107 Å². The normalized spacial score (nSPS) is 20.0. The van der Waals surface area contributed by atoms with Gasteiger partial charge in [0.15, 0.2) is 0 Å². The van der Waals surface area contributed by atoms with Crippen LogP contribution in [0.1, 0.15) is 22.5 Å². The number of hydrogen-bond donors (Lipinski definition) is 2. The van der Waals surface area contributed by atoms with E-state index in [9.17, 15) is 4.79 Å². The number of likely N-dealkylation sites (tertiary alicyclic amines) is 1. The molecule has 2 heterocycles.